The predicted molar refractivity (Wildman–Crippen MR) is 88.5 cm³/mol. The molecule has 3 rings (SSSR count). The zero-order chi connectivity index (χ0) is 14.7. The summed E-state index contributed by atoms with van der Waals surface area (Å²) in [5.41, 5.74) is 11.9. The van der Waals surface area contributed by atoms with E-state index in [0.29, 0.717) is 5.92 Å². The summed E-state index contributed by atoms with van der Waals surface area (Å²) >= 11 is 0. The molecule has 0 aliphatic carbocycles. The van der Waals surface area contributed by atoms with Crippen LogP contribution in [-0.4, -0.2) is 13.1 Å². The van der Waals surface area contributed by atoms with Gasteiger partial charge in [-0.05, 0) is 47.6 Å². The highest BCUT2D eigenvalue weighted by molar-refractivity contribution is 5.37. The lowest BCUT2D eigenvalue weighted by molar-refractivity contribution is 0.643. The van der Waals surface area contributed by atoms with E-state index in [1.807, 2.05) is 6.07 Å². The maximum Gasteiger partial charge on any atom is 0.0335 e. The number of rotatable bonds is 3. The third kappa shape index (κ3) is 3.34. The predicted octanol–water partition coefficient (Wildman–Crippen LogP) is 3.18. The highest BCUT2D eigenvalue weighted by atomic mass is 14.9. The molecule has 0 spiro atoms. The zero-order valence-corrected chi connectivity index (χ0v) is 12.7. The summed E-state index contributed by atoms with van der Waals surface area (Å²) in [6.07, 6.45) is 2.01. The van der Waals surface area contributed by atoms with Crippen molar-refractivity contribution in [2.45, 2.75) is 31.7 Å². The van der Waals surface area contributed by atoms with E-state index in [1.54, 1.807) is 0 Å². The summed E-state index contributed by atoms with van der Waals surface area (Å²) in [5, 5.41) is 3.50. The second-order valence-electron chi connectivity index (χ2n) is 6.11. The van der Waals surface area contributed by atoms with E-state index in [-0.39, 0.29) is 6.04 Å². The first-order valence-electron chi connectivity index (χ1n) is 7.87. The topological polar surface area (TPSA) is 38.0 Å². The number of hydrogen-bond donors (Lipinski definition) is 2. The molecule has 0 radical (unpaired) electrons. The molecule has 0 bridgehead atoms. The number of nitrogens with two attached hydrogens (primary N) is 1. The molecule has 0 saturated carbocycles. The van der Waals surface area contributed by atoms with Crippen LogP contribution < -0.4 is 11.1 Å². The van der Waals surface area contributed by atoms with E-state index in [2.05, 4.69) is 54.7 Å². The summed E-state index contributed by atoms with van der Waals surface area (Å²) < 4.78 is 0. The summed E-state index contributed by atoms with van der Waals surface area (Å²) in [6, 6.07) is 17.4. The van der Waals surface area contributed by atoms with Crippen molar-refractivity contribution in [1.29, 1.82) is 0 Å². The van der Waals surface area contributed by atoms with Crippen LogP contribution in [0.2, 0.25) is 0 Å². The molecule has 2 nitrogen and oxygen atoms in total. The molecule has 0 aromatic heterocycles. The Labute approximate surface area is 127 Å². The average molecular weight is 280 g/mol. The van der Waals surface area contributed by atoms with Gasteiger partial charge in [0.05, 0.1) is 0 Å². The fourth-order valence-corrected chi connectivity index (χ4v) is 3.17. The molecule has 2 atom stereocenters. The molecule has 0 fully saturated rings. The second-order valence-corrected chi connectivity index (χ2v) is 6.11. The smallest absolute Gasteiger partial charge is 0.0335 e. The summed E-state index contributed by atoms with van der Waals surface area (Å²) in [6.45, 7) is 4.43. The molecule has 1 aliphatic rings. The van der Waals surface area contributed by atoms with Gasteiger partial charge in [0, 0.05) is 12.6 Å². The molecule has 0 amide bonds. The van der Waals surface area contributed by atoms with E-state index < -0.39 is 0 Å². The first-order valence-corrected chi connectivity index (χ1v) is 7.87. The van der Waals surface area contributed by atoms with Gasteiger partial charge in [0.1, 0.15) is 0 Å². The largest absolute Gasteiger partial charge is 0.324 e. The Bertz CT molecular complexity index is 592. The molecular weight excluding hydrogens is 256 g/mol. The van der Waals surface area contributed by atoms with Gasteiger partial charge in [-0.15, -0.1) is 0 Å². The molecule has 2 aromatic carbocycles. The normalized spacial score (nSPS) is 19.6. The van der Waals surface area contributed by atoms with Crippen LogP contribution in [0.1, 0.15) is 41.1 Å². The van der Waals surface area contributed by atoms with Gasteiger partial charge in [-0.1, -0.05) is 55.5 Å². The molecule has 2 aromatic rings. The van der Waals surface area contributed by atoms with Crippen LogP contribution in [0, 0.1) is 0 Å². The highest BCUT2D eigenvalue weighted by Crippen LogP contribution is 2.26. The molecule has 1 unspecified atom stereocenters. The Morgan fingerprint density at radius 3 is 2.81 bits per heavy atom. The Hall–Kier alpha value is -1.64. The van der Waals surface area contributed by atoms with Crippen molar-refractivity contribution in [2.24, 2.45) is 5.73 Å². The Morgan fingerprint density at radius 2 is 2.00 bits per heavy atom. The fourth-order valence-electron chi connectivity index (χ4n) is 3.17. The highest BCUT2D eigenvalue weighted by Gasteiger charge is 2.16. The molecule has 0 saturated heterocycles. The van der Waals surface area contributed by atoms with E-state index in [9.17, 15) is 0 Å². The quantitative estimate of drug-likeness (QED) is 0.906. The van der Waals surface area contributed by atoms with Gasteiger partial charge in [-0.2, -0.15) is 0 Å². The fraction of sp³-hybridized carbons (Fsp3) is 0.368. The lowest BCUT2D eigenvalue weighted by Gasteiger charge is -2.18. The van der Waals surface area contributed by atoms with E-state index in [1.165, 1.54) is 22.3 Å². The first-order chi connectivity index (χ1) is 10.2. The summed E-state index contributed by atoms with van der Waals surface area (Å²) in [5.74, 6) is 0.561. The molecule has 110 valence electrons. The molecule has 1 aliphatic heterocycles. The molecule has 3 N–H and O–H groups in total. The van der Waals surface area contributed by atoms with Crippen LogP contribution >= 0.6 is 0 Å². The van der Waals surface area contributed by atoms with Crippen molar-refractivity contribution in [3.05, 3.63) is 70.8 Å². The second kappa shape index (κ2) is 6.42. The summed E-state index contributed by atoms with van der Waals surface area (Å²) in [7, 11) is 0. The lowest BCUT2D eigenvalue weighted by Crippen LogP contribution is -2.18. The number of fused-ring (bicyclic) bond motifs is 1. The summed E-state index contributed by atoms with van der Waals surface area (Å²) in [4.78, 5) is 0. The van der Waals surface area contributed by atoms with E-state index in [4.69, 9.17) is 5.73 Å². The molecular formula is C19H24N2. The van der Waals surface area contributed by atoms with Crippen molar-refractivity contribution in [2.75, 3.05) is 13.1 Å². The van der Waals surface area contributed by atoms with Crippen molar-refractivity contribution in [1.82, 2.24) is 5.32 Å². The van der Waals surface area contributed by atoms with Crippen LogP contribution in [0.5, 0.6) is 0 Å². The SMILES string of the molecule is CC1CNCCc2ccc([C@@H](N)Cc3ccccc3)cc21. The van der Waals surface area contributed by atoms with Crippen molar-refractivity contribution in [3.63, 3.8) is 0 Å². The average Bonchev–Trinajstić information content (AvgIpc) is 2.70. The first kappa shape index (κ1) is 14.3. The zero-order valence-electron chi connectivity index (χ0n) is 12.7. The van der Waals surface area contributed by atoms with Gasteiger partial charge in [-0.3, -0.25) is 0 Å². The van der Waals surface area contributed by atoms with Crippen molar-refractivity contribution < 1.29 is 0 Å². The van der Waals surface area contributed by atoms with E-state index >= 15 is 0 Å². The maximum atomic E-state index is 6.43. The minimum absolute atomic E-state index is 0.0705. The van der Waals surface area contributed by atoms with Gasteiger partial charge in [0.2, 0.25) is 0 Å². The van der Waals surface area contributed by atoms with Crippen molar-refractivity contribution >= 4 is 0 Å². The van der Waals surface area contributed by atoms with E-state index in [0.717, 1.165) is 25.9 Å². The van der Waals surface area contributed by atoms with Crippen molar-refractivity contribution in [3.8, 4) is 0 Å². The molecule has 21 heavy (non-hydrogen) atoms. The van der Waals surface area contributed by atoms with Gasteiger partial charge >= 0.3 is 0 Å². The monoisotopic (exact) mass is 280 g/mol. The Kier molecular flexibility index (Phi) is 4.37. The number of nitrogens with one attached hydrogen (secondary N) is 1. The standard InChI is InChI=1S/C19H24N2/c1-14-13-21-10-9-16-7-8-17(12-18(14)16)19(20)11-15-5-3-2-4-6-15/h2-8,12,14,19,21H,9-11,13,20H2,1H3/t14?,19-/m0/s1. The third-order valence-corrected chi connectivity index (χ3v) is 4.45. The van der Waals surface area contributed by atoms with Crippen LogP contribution in [0.4, 0.5) is 0 Å². The third-order valence-electron chi connectivity index (χ3n) is 4.45. The van der Waals surface area contributed by atoms with Crippen LogP contribution in [0.25, 0.3) is 0 Å². The number of benzene rings is 2. The van der Waals surface area contributed by atoms with Crippen LogP contribution in [0.15, 0.2) is 48.5 Å². The molecule has 1 heterocycles. The lowest BCUT2D eigenvalue weighted by atomic mass is 9.90. The van der Waals surface area contributed by atoms with Gasteiger partial charge in [-0.25, -0.2) is 0 Å². The maximum absolute atomic E-state index is 6.43. The molecule has 2 heteroatoms. The Balaban J connectivity index is 1.82. The van der Waals surface area contributed by atoms with Gasteiger partial charge in [0.15, 0.2) is 0 Å². The van der Waals surface area contributed by atoms with Gasteiger partial charge < -0.3 is 11.1 Å². The van der Waals surface area contributed by atoms with Crippen LogP contribution in [0.3, 0.4) is 0 Å². The minimum atomic E-state index is 0.0705. The van der Waals surface area contributed by atoms with Gasteiger partial charge in [0.25, 0.3) is 0 Å². The minimum Gasteiger partial charge on any atom is -0.324 e. The van der Waals surface area contributed by atoms with Crippen LogP contribution in [-0.2, 0) is 12.8 Å². The number of hydrogen-bond acceptors (Lipinski definition) is 2. The Morgan fingerprint density at radius 1 is 1.19 bits per heavy atom.